The number of rotatable bonds is 0. The molecule has 57 valence electrons. The first-order valence-corrected chi connectivity index (χ1v) is 2.46. The van der Waals surface area contributed by atoms with Gasteiger partial charge in [-0.2, -0.15) is 0 Å². The summed E-state index contributed by atoms with van der Waals surface area (Å²) in [5.41, 5.74) is 1.71. The second-order valence-electron chi connectivity index (χ2n) is 1.68. The van der Waals surface area contributed by atoms with E-state index in [0.717, 1.165) is 5.69 Å². The number of aryl methyl sites for hydroxylation is 1. The fraction of sp³-hybridized carbons (Fsp3) is 0.125. The van der Waals surface area contributed by atoms with Gasteiger partial charge in [0.2, 0.25) is 0 Å². The smallest absolute Gasteiger partial charge is 0.482 e. The van der Waals surface area contributed by atoms with Crippen molar-refractivity contribution in [3.8, 4) is 0 Å². The van der Waals surface area contributed by atoms with Crippen molar-refractivity contribution in [3.63, 3.8) is 0 Å². The van der Waals surface area contributed by atoms with Gasteiger partial charge in [0, 0.05) is 38.4 Å². The van der Waals surface area contributed by atoms with Gasteiger partial charge >= 0.3 is 21.1 Å². The molecule has 0 unspecified atom stereocenters. The molecule has 1 aromatic rings. The first-order chi connectivity index (χ1) is 3.79. The van der Waals surface area contributed by atoms with Crippen molar-refractivity contribution in [2.45, 2.75) is 6.92 Å². The maximum absolute atomic E-state index is 4.01. The minimum atomic E-state index is 0. The molecular weight excluding hydrogens is 383 g/mol. The summed E-state index contributed by atoms with van der Waals surface area (Å²) in [6.07, 6.45) is 0. The van der Waals surface area contributed by atoms with E-state index in [1.165, 1.54) is 0 Å². The van der Waals surface area contributed by atoms with Gasteiger partial charge in [-0.15, -0.1) is 0 Å². The summed E-state index contributed by atoms with van der Waals surface area (Å²) in [6.45, 7) is 5.55. The fourth-order valence-corrected chi connectivity index (χ4v) is 0.541. The number of hydrogen-bond donors (Lipinski definition) is 0. The van der Waals surface area contributed by atoms with Crippen LogP contribution in [-0.4, -0.2) is 4.98 Å². The van der Waals surface area contributed by atoms with E-state index in [0.29, 0.717) is 5.69 Å². The Morgan fingerprint density at radius 1 is 1.55 bits per heavy atom. The average molecular weight is 393 g/mol. The van der Waals surface area contributed by atoms with Gasteiger partial charge in [0.15, 0.2) is 0 Å². The zero-order valence-corrected chi connectivity index (χ0v) is 12.6. The number of aromatic nitrogens is 1. The molecule has 0 bridgehead atoms. The molecule has 1 radical (unpaired) electrons. The molecule has 1 nitrogen and oxygen atoms in total. The van der Waals surface area contributed by atoms with E-state index in [-0.39, 0.29) is 61.2 Å². The molecule has 0 aliphatic carbocycles. The molecule has 11 heavy (non-hydrogen) atoms. The van der Waals surface area contributed by atoms with Gasteiger partial charge in [0.25, 0.3) is 0 Å². The van der Waals surface area contributed by atoms with E-state index in [2.05, 4.69) is 18.0 Å². The SMILES string of the molecule is [CH2-]c1[c-]ccc(C)n1.[CH3-].[W+2].[Y]. The quantitative estimate of drug-likeness (QED) is 0.614. The van der Waals surface area contributed by atoms with Crippen LogP contribution in [0.25, 0.3) is 0 Å². The van der Waals surface area contributed by atoms with Gasteiger partial charge in [-0.1, -0.05) is 6.07 Å². The molecule has 1 rings (SSSR count). The molecule has 0 aliphatic heterocycles. The molecule has 0 spiro atoms. The Morgan fingerprint density at radius 3 is 2.36 bits per heavy atom. The van der Waals surface area contributed by atoms with Crippen molar-refractivity contribution < 1.29 is 53.8 Å². The predicted molar refractivity (Wildman–Crippen MR) is 38.7 cm³/mol. The van der Waals surface area contributed by atoms with Crippen LogP contribution in [0.15, 0.2) is 12.1 Å². The topological polar surface area (TPSA) is 12.9 Å². The van der Waals surface area contributed by atoms with Gasteiger partial charge in [-0.05, 0) is 6.92 Å². The van der Waals surface area contributed by atoms with E-state index in [9.17, 15) is 0 Å². The van der Waals surface area contributed by atoms with Gasteiger partial charge in [-0.3, -0.25) is 5.69 Å². The van der Waals surface area contributed by atoms with Crippen LogP contribution >= 0.6 is 0 Å². The van der Waals surface area contributed by atoms with Crippen molar-refractivity contribution >= 4 is 0 Å². The van der Waals surface area contributed by atoms with Crippen LogP contribution in [0, 0.1) is 27.3 Å². The first kappa shape index (κ1) is 17.8. The Labute approximate surface area is 109 Å². The normalized spacial score (nSPS) is 6.64. The Kier molecular flexibility index (Phi) is 14.4. The summed E-state index contributed by atoms with van der Waals surface area (Å²) in [7, 11) is 0. The van der Waals surface area contributed by atoms with Crippen molar-refractivity contribution in [1.29, 1.82) is 0 Å². The Morgan fingerprint density at radius 2 is 2.09 bits per heavy atom. The zero-order valence-electron chi connectivity index (χ0n) is 6.79. The van der Waals surface area contributed by atoms with Crippen molar-refractivity contribution in [2.24, 2.45) is 0 Å². The summed E-state index contributed by atoms with van der Waals surface area (Å²) in [6, 6.07) is 6.57. The Bertz CT molecular complexity index is 174. The molecule has 0 aliphatic rings. The van der Waals surface area contributed by atoms with Gasteiger partial charge in [-0.25, -0.2) is 6.07 Å². The summed E-state index contributed by atoms with van der Waals surface area (Å²) in [5, 5.41) is 0. The maximum Gasteiger partial charge on any atom is 2.00 e. The van der Waals surface area contributed by atoms with Crippen molar-refractivity contribution in [2.75, 3.05) is 0 Å². The molecule has 0 aromatic carbocycles. The first-order valence-electron chi connectivity index (χ1n) is 2.46. The fourth-order valence-electron chi connectivity index (χ4n) is 0.541. The Balaban J connectivity index is -0.000000213. The molecule has 0 amide bonds. The summed E-state index contributed by atoms with van der Waals surface area (Å²) >= 11 is 0. The van der Waals surface area contributed by atoms with E-state index >= 15 is 0 Å². The summed E-state index contributed by atoms with van der Waals surface area (Å²) < 4.78 is 0. The van der Waals surface area contributed by atoms with Crippen LogP contribution in [0.4, 0.5) is 0 Å². The molecule has 0 saturated carbocycles. The number of pyridine rings is 1. The predicted octanol–water partition coefficient (Wildman–Crippen LogP) is 1.82. The Hall–Kier alpha value is 0.812. The van der Waals surface area contributed by atoms with Crippen molar-refractivity contribution in [1.82, 2.24) is 4.98 Å². The molecule has 1 heterocycles. The molecule has 3 heteroatoms. The molecule has 0 saturated heterocycles. The van der Waals surface area contributed by atoms with Gasteiger partial charge < -0.3 is 25.4 Å². The third-order valence-corrected chi connectivity index (χ3v) is 0.886. The van der Waals surface area contributed by atoms with E-state index in [1.54, 1.807) is 0 Å². The van der Waals surface area contributed by atoms with Crippen LogP contribution in [0.2, 0.25) is 0 Å². The zero-order chi connectivity index (χ0) is 5.98. The summed E-state index contributed by atoms with van der Waals surface area (Å²) in [5.74, 6) is 0. The third-order valence-electron chi connectivity index (χ3n) is 0.886. The minimum Gasteiger partial charge on any atom is -0.482 e. The largest absolute Gasteiger partial charge is 2.00 e. The molecule has 1 aromatic heterocycles. The van der Waals surface area contributed by atoms with E-state index in [4.69, 9.17) is 0 Å². The van der Waals surface area contributed by atoms with Gasteiger partial charge in [0.1, 0.15) is 0 Å². The second-order valence-corrected chi connectivity index (χ2v) is 1.68. The van der Waals surface area contributed by atoms with Crippen LogP contribution in [-0.2, 0) is 53.8 Å². The second kappa shape index (κ2) is 8.90. The van der Waals surface area contributed by atoms with Crippen LogP contribution < -0.4 is 0 Å². The standard InChI is InChI=1S/C7H7N.CH3.W.Y/c1-6-4-3-5-7(2)8-6;;;/h3,5H,1H2,2H3;1H3;;/q-2;-1;+2;. The minimum absolute atomic E-state index is 0. The van der Waals surface area contributed by atoms with Crippen molar-refractivity contribution in [3.05, 3.63) is 43.9 Å². The summed E-state index contributed by atoms with van der Waals surface area (Å²) in [4.78, 5) is 4.01. The van der Waals surface area contributed by atoms with Crippen LogP contribution in [0.1, 0.15) is 11.4 Å². The molecule has 0 N–H and O–H groups in total. The molecule has 0 fully saturated rings. The molecule has 0 atom stereocenters. The van der Waals surface area contributed by atoms with Crippen LogP contribution in [0.3, 0.4) is 0 Å². The van der Waals surface area contributed by atoms with Crippen LogP contribution in [0.5, 0.6) is 0 Å². The third kappa shape index (κ3) is 7.18. The van der Waals surface area contributed by atoms with E-state index in [1.807, 2.05) is 19.1 Å². The maximum atomic E-state index is 4.01. The van der Waals surface area contributed by atoms with Gasteiger partial charge in [0.05, 0.1) is 0 Å². The average Bonchev–Trinajstić information content (AvgIpc) is 1.64. The number of hydrogen-bond acceptors (Lipinski definition) is 1. The molecular formula is C8H10NWY-. The van der Waals surface area contributed by atoms with E-state index < -0.39 is 0 Å². The monoisotopic (exact) mass is 393 g/mol. The number of nitrogens with zero attached hydrogens (tertiary/aromatic N) is 1.